The van der Waals surface area contributed by atoms with Crippen molar-refractivity contribution in [1.82, 2.24) is 10.2 Å². The minimum atomic E-state index is -3.58. The van der Waals surface area contributed by atoms with E-state index in [0.717, 1.165) is 36.6 Å². The molecule has 1 heterocycles. The van der Waals surface area contributed by atoms with Crippen molar-refractivity contribution in [2.75, 3.05) is 13.1 Å². The summed E-state index contributed by atoms with van der Waals surface area (Å²) >= 11 is 0. The van der Waals surface area contributed by atoms with E-state index in [2.05, 4.69) is 28.4 Å². The molecule has 6 rings (SSSR count). The van der Waals surface area contributed by atoms with Crippen LogP contribution in [0.15, 0.2) is 77.7 Å². The Labute approximate surface area is 225 Å². The molecule has 5 nitrogen and oxygen atoms in total. The molecule has 1 saturated heterocycles. The van der Waals surface area contributed by atoms with Crippen LogP contribution >= 0.6 is 0 Å². The summed E-state index contributed by atoms with van der Waals surface area (Å²) in [5.41, 5.74) is 3.88. The minimum absolute atomic E-state index is 0.0350. The lowest BCUT2D eigenvalue weighted by Crippen LogP contribution is -2.31. The summed E-state index contributed by atoms with van der Waals surface area (Å²) in [6.45, 7) is 3.36. The van der Waals surface area contributed by atoms with Crippen molar-refractivity contribution in [3.63, 3.8) is 0 Å². The molecule has 1 atom stereocenters. The number of aryl methyl sites for hydroxylation is 1. The molecule has 1 saturated carbocycles. The van der Waals surface area contributed by atoms with Crippen LogP contribution in [0.1, 0.15) is 67.7 Å². The molecule has 198 valence electrons. The van der Waals surface area contributed by atoms with Gasteiger partial charge < -0.3 is 5.32 Å². The SMILES string of the molecule is O=C(/C=C/C1(S(=O)(=O)c2ccc3ccccc3c2)CC1)NC1CCCc2cc(CN3CCCCC3)ccc21. The largest absolute Gasteiger partial charge is 0.346 e. The van der Waals surface area contributed by atoms with Crippen LogP contribution in [0.2, 0.25) is 0 Å². The average Bonchev–Trinajstić information content (AvgIpc) is 3.74. The summed E-state index contributed by atoms with van der Waals surface area (Å²) in [6.07, 6.45) is 11.0. The quantitative estimate of drug-likeness (QED) is 0.389. The molecule has 6 heteroatoms. The molecule has 38 heavy (non-hydrogen) atoms. The maximum Gasteiger partial charge on any atom is 0.244 e. The summed E-state index contributed by atoms with van der Waals surface area (Å²) < 4.78 is 26.0. The molecule has 3 aromatic rings. The van der Waals surface area contributed by atoms with Crippen molar-refractivity contribution in [2.24, 2.45) is 0 Å². The number of likely N-dealkylation sites (tertiary alicyclic amines) is 1. The van der Waals surface area contributed by atoms with E-state index in [1.54, 1.807) is 18.2 Å². The molecule has 1 N–H and O–H groups in total. The van der Waals surface area contributed by atoms with Crippen LogP contribution in [-0.4, -0.2) is 37.1 Å². The van der Waals surface area contributed by atoms with Crippen molar-refractivity contribution < 1.29 is 13.2 Å². The smallest absolute Gasteiger partial charge is 0.244 e. The Balaban J connectivity index is 1.14. The fourth-order valence-electron chi connectivity index (χ4n) is 6.16. The predicted octanol–water partition coefficient (Wildman–Crippen LogP) is 5.88. The Kier molecular flexibility index (Phi) is 6.87. The summed E-state index contributed by atoms with van der Waals surface area (Å²) in [5, 5.41) is 5.08. The number of nitrogens with zero attached hydrogens (tertiary/aromatic N) is 1. The molecular formula is C32H36N2O3S. The van der Waals surface area contributed by atoms with Crippen LogP contribution < -0.4 is 5.32 Å². The number of amides is 1. The minimum Gasteiger partial charge on any atom is -0.346 e. The van der Waals surface area contributed by atoms with Gasteiger partial charge in [-0.05, 0) is 97.6 Å². The van der Waals surface area contributed by atoms with Crippen molar-refractivity contribution >= 4 is 26.5 Å². The van der Waals surface area contributed by atoms with Gasteiger partial charge in [-0.1, -0.05) is 61.0 Å². The van der Waals surface area contributed by atoms with Gasteiger partial charge in [0, 0.05) is 12.6 Å². The number of carbonyl (C=O) groups is 1. The van der Waals surface area contributed by atoms with Crippen molar-refractivity contribution in [3.05, 3.63) is 89.5 Å². The summed E-state index contributed by atoms with van der Waals surface area (Å²) in [7, 11) is -3.58. The van der Waals surface area contributed by atoms with Crippen LogP contribution in [0.25, 0.3) is 10.8 Å². The third-order valence-electron chi connectivity index (χ3n) is 8.54. The van der Waals surface area contributed by atoms with Gasteiger partial charge in [-0.3, -0.25) is 9.69 Å². The zero-order valence-electron chi connectivity index (χ0n) is 21.9. The Hall–Kier alpha value is -2.96. The number of hydrogen-bond donors (Lipinski definition) is 1. The van der Waals surface area contributed by atoms with Crippen molar-refractivity contribution in [1.29, 1.82) is 0 Å². The van der Waals surface area contributed by atoms with Gasteiger partial charge in [0.25, 0.3) is 0 Å². The molecule has 0 bridgehead atoms. The molecular weight excluding hydrogens is 492 g/mol. The van der Waals surface area contributed by atoms with Crippen molar-refractivity contribution in [2.45, 2.75) is 73.6 Å². The standard InChI is InChI=1S/C32H36N2O3S/c35-31(15-16-32(17-18-32)38(36,37)28-13-12-25-7-2-3-8-26(25)22-28)33-30-10-6-9-27-21-24(11-14-29(27)30)23-34-19-4-1-5-20-34/h2-3,7-8,11-16,21-22,30H,1,4-6,9-10,17-20,23H2,(H,33,35)/b16-15+. The van der Waals surface area contributed by atoms with Crippen LogP contribution in [-0.2, 0) is 27.6 Å². The first kappa shape index (κ1) is 25.3. The van der Waals surface area contributed by atoms with Gasteiger partial charge in [-0.2, -0.15) is 0 Å². The number of hydrogen-bond acceptors (Lipinski definition) is 4. The van der Waals surface area contributed by atoms with Crippen LogP contribution in [0.4, 0.5) is 0 Å². The Morgan fingerprint density at radius 3 is 2.53 bits per heavy atom. The first-order chi connectivity index (χ1) is 18.4. The number of benzene rings is 3. The summed E-state index contributed by atoms with van der Waals surface area (Å²) in [5.74, 6) is -0.222. The summed E-state index contributed by atoms with van der Waals surface area (Å²) in [4.78, 5) is 15.8. The van der Waals surface area contributed by atoms with Crippen LogP contribution in [0.3, 0.4) is 0 Å². The van der Waals surface area contributed by atoms with E-state index in [9.17, 15) is 13.2 Å². The first-order valence-electron chi connectivity index (χ1n) is 14.0. The third kappa shape index (κ3) is 5.04. The fourth-order valence-corrected chi connectivity index (χ4v) is 8.04. The molecule has 2 aliphatic carbocycles. The van der Waals surface area contributed by atoms with Gasteiger partial charge in [0.15, 0.2) is 9.84 Å². The monoisotopic (exact) mass is 528 g/mol. The second-order valence-corrected chi connectivity index (χ2v) is 13.5. The van der Waals surface area contributed by atoms with E-state index >= 15 is 0 Å². The van der Waals surface area contributed by atoms with Crippen LogP contribution in [0.5, 0.6) is 0 Å². The zero-order chi connectivity index (χ0) is 26.2. The molecule has 1 unspecified atom stereocenters. The van der Waals surface area contributed by atoms with Gasteiger partial charge >= 0.3 is 0 Å². The molecule has 1 aliphatic heterocycles. The maximum atomic E-state index is 13.5. The number of nitrogens with one attached hydrogen (secondary N) is 1. The Bertz CT molecular complexity index is 1480. The second kappa shape index (κ2) is 10.3. The number of piperidine rings is 1. The molecule has 2 fully saturated rings. The number of rotatable bonds is 7. The highest BCUT2D eigenvalue weighted by Gasteiger charge is 2.53. The molecule has 0 aromatic heterocycles. The predicted molar refractivity (Wildman–Crippen MR) is 152 cm³/mol. The van der Waals surface area contributed by atoms with E-state index in [1.165, 1.54) is 55.1 Å². The van der Waals surface area contributed by atoms with Gasteiger partial charge in [0.2, 0.25) is 5.91 Å². The van der Waals surface area contributed by atoms with Gasteiger partial charge in [-0.15, -0.1) is 0 Å². The number of fused-ring (bicyclic) bond motifs is 2. The van der Waals surface area contributed by atoms with E-state index < -0.39 is 14.6 Å². The molecule has 1 amide bonds. The lowest BCUT2D eigenvalue weighted by atomic mass is 9.86. The lowest BCUT2D eigenvalue weighted by molar-refractivity contribution is -0.117. The van der Waals surface area contributed by atoms with Gasteiger partial charge in [0.05, 0.1) is 15.7 Å². The highest BCUT2D eigenvalue weighted by molar-refractivity contribution is 7.93. The molecule has 3 aromatic carbocycles. The highest BCUT2D eigenvalue weighted by atomic mass is 32.2. The van der Waals surface area contributed by atoms with Crippen LogP contribution in [0, 0.1) is 0 Å². The average molecular weight is 529 g/mol. The van der Waals surface area contributed by atoms with Crippen molar-refractivity contribution in [3.8, 4) is 0 Å². The fraction of sp³-hybridized carbons (Fsp3) is 0.406. The van der Waals surface area contributed by atoms with Gasteiger partial charge in [0.1, 0.15) is 0 Å². The van der Waals surface area contributed by atoms with E-state index in [1.807, 2.05) is 30.3 Å². The third-order valence-corrected chi connectivity index (χ3v) is 11.0. The molecule has 0 radical (unpaired) electrons. The Morgan fingerprint density at radius 1 is 0.947 bits per heavy atom. The zero-order valence-corrected chi connectivity index (χ0v) is 22.7. The van der Waals surface area contributed by atoms with E-state index in [4.69, 9.17) is 0 Å². The lowest BCUT2D eigenvalue weighted by Gasteiger charge is -2.29. The second-order valence-electron chi connectivity index (χ2n) is 11.2. The number of carbonyl (C=O) groups excluding carboxylic acids is 1. The first-order valence-corrected chi connectivity index (χ1v) is 15.5. The summed E-state index contributed by atoms with van der Waals surface area (Å²) in [6, 6.07) is 19.7. The molecule has 0 spiro atoms. The maximum absolute atomic E-state index is 13.5. The highest BCUT2D eigenvalue weighted by Crippen LogP contribution is 2.48. The normalized spacial score (nSPS) is 21.3. The van der Waals surface area contributed by atoms with E-state index in [0.29, 0.717) is 17.7 Å². The van der Waals surface area contributed by atoms with E-state index in [-0.39, 0.29) is 11.9 Å². The Morgan fingerprint density at radius 2 is 1.74 bits per heavy atom. The topological polar surface area (TPSA) is 66.5 Å². The number of sulfone groups is 1. The van der Waals surface area contributed by atoms with Gasteiger partial charge in [-0.25, -0.2) is 8.42 Å². The molecule has 3 aliphatic rings.